The van der Waals surface area contributed by atoms with Gasteiger partial charge in [0.25, 0.3) is 0 Å². The van der Waals surface area contributed by atoms with Crippen LogP contribution in [0.4, 0.5) is 0 Å². The van der Waals surface area contributed by atoms with Crippen LogP contribution in [0.3, 0.4) is 0 Å². The molecule has 0 aromatic heterocycles. The molecular weight excluding hydrogens is 266 g/mol. The van der Waals surface area contributed by atoms with Crippen molar-refractivity contribution in [3.05, 3.63) is 0 Å². The number of likely N-dealkylation sites (N-methyl/N-ethyl adjacent to an activating group) is 1. The zero-order valence-corrected chi connectivity index (χ0v) is 13.7. The van der Waals surface area contributed by atoms with Gasteiger partial charge in [0.1, 0.15) is 0 Å². The molecule has 0 spiro atoms. The maximum atomic E-state index is 12.1. The molecule has 0 saturated carbocycles. The second-order valence-electron chi connectivity index (χ2n) is 6.13. The lowest BCUT2D eigenvalue weighted by Crippen LogP contribution is -2.54. The Hall–Kier alpha value is -0.810. The number of amides is 2. The number of hydrogen-bond donors (Lipinski definition) is 2. The van der Waals surface area contributed by atoms with Crippen LogP contribution in [-0.4, -0.2) is 41.4 Å². The first-order valence-electron chi connectivity index (χ1n) is 6.35. The molecule has 1 unspecified atom stereocenters. The SMILES string of the molecule is CCCC(C)(N)C(=O)N(C)CC(=O)NC(C)(C)C.Cl. The fourth-order valence-electron chi connectivity index (χ4n) is 1.81. The minimum Gasteiger partial charge on any atom is -0.350 e. The Morgan fingerprint density at radius 1 is 1.21 bits per heavy atom. The maximum absolute atomic E-state index is 12.1. The van der Waals surface area contributed by atoms with Crippen molar-refractivity contribution in [3.8, 4) is 0 Å². The van der Waals surface area contributed by atoms with Crippen molar-refractivity contribution in [3.63, 3.8) is 0 Å². The largest absolute Gasteiger partial charge is 0.350 e. The molecule has 0 heterocycles. The molecule has 5 nitrogen and oxygen atoms in total. The smallest absolute Gasteiger partial charge is 0.242 e. The number of halogens is 1. The summed E-state index contributed by atoms with van der Waals surface area (Å²) in [5, 5.41) is 2.81. The van der Waals surface area contributed by atoms with E-state index in [1.807, 2.05) is 27.7 Å². The van der Waals surface area contributed by atoms with Gasteiger partial charge in [-0.3, -0.25) is 9.59 Å². The second-order valence-corrected chi connectivity index (χ2v) is 6.13. The predicted octanol–water partition coefficient (Wildman–Crippen LogP) is 1.30. The van der Waals surface area contributed by atoms with E-state index in [0.717, 1.165) is 6.42 Å². The number of carbonyl (C=O) groups excluding carboxylic acids is 2. The van der Waals surface area contributed by atoms with Crippen LogP contribution in [0.2, 0.25) is 0 Å². The van der Waals surface area contributed by atoms with Gasteiger partial charge in [0.15, 0.2) is 0 Å². The third kappa shape index (κ3) is 8.06. The third-order valence-electron chi connectivity index (χ3n) is 2.50. The first-order valence-corrected chi connectivity index (χ1v) is 6.35. The molecule has 6 heteroatoms. The number of carbonyl (C=O) groups is 2. The fourth-order valence-corrected chi connectivity index (χ4v) is 1.81. The van der Waals surface area contributed by atoms with Crippen LogP contribution in [0.1, 0.15) is 47.5 Å². The van der Waals surface area contributed by atoms with Crippen molar-refractivity contribution < 1.29 is 9.59 Å². The van der Waals surface area contributed by atoms with E-state index in [2.05, 4.69) is 5.32 Å². The highest BCUT2D eigenvalue weighted by atomic mass is 35.5. The molecule has 0 aromatic rings. The molecule has 0 rings (SSSR count). The molecule has 1 atom stereocenters. The first kappa shape index (κ1) is 20.5. The Morgan fingerprint density at radius 2 is 1.68 bits per heavy atom. The summed E-state index contributed by atoms with van der Waals surface area (Å²) in [4.78, 5) is 25.2. The monoisotopic (exact) mass is 293 g/mol. The van der Waals surface area contributed by atoms with E-state index in [4.69, 9.17) is 5.73 Å². The van der Waals surface area contributed by atoms with Gasteiger partial charge in [-0.2, -0.15) is 0 Å². The third-order valence-corrected chi connectivity index (χ3v) is 2.50. The maximum Gasteiger partial charge on any atom is 0.242 e. The number of hydrogen-bond acceptors (Lipinski definition) is 3. The van der Waals surface area contributed by atoms with E-state index in [0.29, 0.717) is 6.42 Å². The molecule has 19 heavy (non-hydrogen) atoms. The van der Waals surface area contributed by atoms with E-state index in [1.54, 1.807) is 14.0 Å². The number of nitrogens with two attached hydrogens (primary N) is 1. The van der Waals surface area contributed by atoms with Gasteiger partial charge in [0.05, 0.1) is 12.1 Å². The minimum atomic E-state index is -0.897. The van der Waals surface area contributed by atoms with Crippen molar-refractivity contribution >= 4 is 24.2 Å². The average Bonchev–Trinajstić information content (AvgIpc) is 2.12. The molecule has 2 amide bonds. The molecule has 0 fully saturated rings. The zero-order chi connectivity index (χ0) is 14.6. The van der Waals surface area contributed by atoms with Gasteiger partial charge in [-0.1, -0.05) is 13.3 Å². The van der Waals surface area contributed by atoms with Crippen molar-refractivity contribution in [1.82, 2.24) is 10.2 Å². The van der Waals surface area contributed by atoms with Gasteiger partial charge in [0.2, 0.25) is 11.8 Å². The van der Waals surface area contributed by atoms with Crippen molar-refractivity contribution in [2.75, 3.05) is 13.6 Å². The highest BCUT2D eigenvalue weighted by Gasteiger charge is 2.31. The highest BCUT2D eigenvalue weighted by molar-refractivity contribution is 5.89. The molecule has 114 valence electrons. The number of rotatable bonds is 5. The Morgan fingerprint density at radius 3 is 2.05 bits per heavy atom. The van der Waals surface area contributed by atoms with Gasteiger partial charge in [-0.15, -0.1) is 12.4 Å². The van der Waals surface area contributed by atoms with Gasteiger partial charge < -0.3 is 16.0 Å². The number of nitrogens with one attached hydrogen (secondary N) is 1. The molecule has 0 aliphatic rings. The van der Waals surface area contributed by atoms with Crippen molar-refractivity contribution in [1.29, 1.82) is 0 Å². The first-order chi connectivity index (χ1) is 7.99. The molecule has 0 radical (unpaired) electrons. The molecule has 0 aromatic carbocycles. The molecular formula is C13H28ClN3O2. The summed E-state index contributed by atoms with van der Waals surface area (Å²) >= 11 is 0. The quantitative estimate of drug-likeness (QED) is 0.802. The van der Waals surface area contributed by atoms with Crippen LogP contribution < -0.4 is 11.1 Å². The van der Waals surface area contributed by atoms with E-state index in [-0.39, 0.29) is 36.3 Å². The summed E-state index contributed by atoms with van der Waals surface area (Å²) in [6.07, 6.45) is 1.44. The Kier molecular flexibility index (Phi) is 8.31. The standard InChI is InChI=1S/C13H27N3O2.ClH/c1-7-8-13(5,14)11(18)16(6)9-10(17)15-12(2,3)4;/h7-9,14H2,1-6H3,(H,15,17);1H. The van der Waals surface area contributed by atoms with E-state index in [9.17, 15) is 9.59 Å². The van der Waals surface area contributed by atoms with Crippen LogP contribution in [0, 0.1) is 0 Å². The minimum absolute atomic E-state index is 0. The average molecular weight is 294 g/mol. The highest BCUT2D eigenvalue weighted by Crippen LogP contribution is 2.11. The van der Waals surface area contributed by atoms with Crippen molar-refractivity contribution in [2.24, 2.45) is 5.73 Å². The fraction of sp³-hybridized carbons (Fsp3) is 0.846. The molecule has 0 saturated heterocycles. The second kappa shape index (κ2) is 7.70. The summed E-state index contributed by atoms with van der Waals surface area (Å²) < 4.78 is 0. The van der Waals surface area contributed by atoms with Gasteiger partial charge >= 0.3 is 0 Å². The van der Waals surface area contributed by atoms with Gasteiger partial charge in [0, 0.05) is 12.6 Å². The van der Waals surface area contributed by atoms with E-state index >= 15 is 0 Å². The van der Waals surface area contributed by atoms with E-state index in [1.165, 1.54) is 4.90 Å². The molecule has 3 N–H and O–H groups in total. The normalized spacial score (nSPS) is 14.1. The Labute approximate surface area is 122 Å². The van der Waals surface area contributed by atoms with E-state index < -0.39 is 5.54 Å². The lowest BCUT2D eigenvalue weighted by atomic mass is 9.96. The van der Waals surface area contributed by atoms with Gasteiger partial charge in [-0.05, 0) is 34.1 Å². The summed E-state index contributed by atoms with van der Waals surface area (Å²) in [5.74, 6) is -0.376. The van der Waals surface area contributed by atoms with Crippen molar-refractivity contribution in [2.45, 2.75) is 58.5 Å². The Bertz CT molecular complexity index is 312. The lowest BCUT2D eigenvalue weighted by Gasteiger charge is -2.29. The molecule has 0 bridgehead atoms. The van der Waals surface area contributed by atoms with Crippen LogP contribution in [-0.2, 0) is 9.59 Å². The Balaban J connectivity index is 0. The van der Waals surface area contributed by atoms with Crippen LogP contribution >= 0.6 is 12.4 Å². The van der Waals surface area contributed by atoms with Crippen LogP contribution in [0.5, 0.6) is 0 Å². The molecule has 0 aliphatic carbocycles. The topological polar surface area (TPSA) is 75.4 Å². The number of nitrogens with zero attached hydrogens (tertiary/aromatic N) is 1. The summed E-state index contributed by atoms with van der Waals surface area (Å²) in [7, 11) is 1.60. The predicted molar refractivity (Wildman–Crippen MR) is 80.3 cm³/mol. The van der Waals surface area contributed by atoms with Gasteiger partial charge in [-0.25, -0.2) is 0 Å². The summed E-state index contributed by atoms with van der Waals surface area (Å²) in [5.41, 5.74) is 4.76. The summed E-state index contributed by atoms with van der Waals surface area (Å²) in [6.45, 7) is 9.42. The summed E-state index contributed by atoms with van der Waals surface area (Å²) in [6, 6.07) is 0. The van der Waals surface area contributed by atoms with Crippen LogP contribution in [0.15, 0.2) is 0 Å². The molecule has 0 aliphatic heterocycles. The zero-order valence-electron chi connectivity index (χ0n) is 12.9. The lowest BCUT2D eigenvalue weighted by molar-refractivity contribution is -0.139. The van der Waals surface area contributed by atoms with Crippen LogP contribution in [0.25, 0.3) is 0 Å².